The first-order chi connectivity index (χ1) is 11.6. The Morgan fingerprint density at radius 3 is 2.25 bits per heavy atom. The van der Waals surface area contributed by atoms with Gasteiger partial charge in [-0.15, -0.1) is 0 Å². The van der Waals surface area contributed by atoms with Crippen LogP contribution in [0.5, 0.6) is 0 Å². The van der Waals surface area contributed by atoms with Crippen LogP contribution in [-0.4, -0.2) is 31.1 Å². The molecule has 2 aromatic rings. The first kappa shape index (κ1) is 16.9. The summed E-state index contributed by atoms with van der Waals surface area (Å²) in [4.78, 5) is 0. The molecular weight excluding hydrogens is 322 g/mol. The number of hydrogen-bond acceptors (Lipinski definition) is 3. The van der Waals surface area contributed by atoms with Gasteiger partial charge in [-0.1, -0.05) is 72.8 Å². The normalized spacial score (nSPS) is 20.1. The van der Waals surface area contributed by atoms with Gasteiger partial charge in [0.2, 0.25) is 10.0 Å². The van der Waals surface area contributed by atoms with E-state index in [9.17, 15) is 8.42 Å². The highest BCUT2D eigenvalue weighted by molar-refractivity contribution is 7.89. The standard InChI is InChI=1S/C19H21NO3S/c21-24(22)13-7-12-19(16-23-15-18-10-5-2-6-11-18)20(24)14-17-8-3-1-4-9-17/h1-12,19H,13-16H2/t19-/m0/s1. The summed E-state index contributed by atoms with van der Waals surface area (Å²) in [6, 6.07) is 19.3. The Hall–Kier alpha value is -1.95. The molecule has 0 aromatic heterocycles. The topological polar surface area (TPSA) is 46.6 Å². The molecule has 0 bridgehead atoms. The van der Waals surface area contributed by atoms with Crippen molar-refractivity contribution in [1.29, 1.82) is 0 Å². The van der Waals surface area contributed by atoms with Crippen molar-refractivity contribution in [3.8, 4) is 0 Å². The SMILES string of the molecule is O=S1(=O)CC=C[C@@H](COCc2ccccc2)N1Cc1ccccc1. The molecule has 4 nitrogen and oxygen atoms in total. The number of hydrogen-bond donors (Lipinski definition) is 0. The molecule has 0 saturated carbocycles. The van der Waals surface area contributed by atoms with Crippen LogP contribution >= 0.6 is 0 Å². The van der Waals surface area contributed by atoms with Crippen LogP contribution in [0.4, 0.5) is 0 Å². The molecule has 126 valence electrons. The van der Waals surface area contributed by atoms with Crippen molar-refractivity contribution >= 4 is 10.0 Å². The molecule has 1 atom stereocenters. The minimum atomic E-state index is -3.30. The van der Waals surface area contributed by atoms with Crippen molar-refractivity contribution in [1.82, 2.24) is 4.31 Å². The quantitative estimate of drug-likeness (QED) is 0.758. The Kier molecular flexibility index (Phi) is 5.45. The summed E-state index contributed by atoms with van der Waals surface area (Å²) < 4.78 is 32.2. The van der Waals surface area contributed by atoms with Crippen molar-refractivity contribution in [2.75, 3.05) is 12.4 Å². The number of ether oxygens (including phenoxy) is 1. The minimum absolute atomic E-state index is 0.0506. The molecule has 5 heteroatoms. The smallest absolute Gasteiger partial charge is 0.218 e. The van der Waals surface area contributed by atoms with Gasteiger partial charge in [-0.2, -0.15) is 4.31 Å². The van der Waals surface area contributed by atoms with E-state index in [4.69, 9.17) is 4.74 Å². The Morgan fingerprint density at radius 2 is 1.58 bits per heavy atom. The van der Waals surface area contributed by atoms with Crippen LogP contribution in [0.2, 0.25) is 0 Å². The van der Waals surface area contributed by atoms with Gasteiger partial charge >= 0.3 is 0 Å². The van der Waals surface area contributed by atoms with Crippen molar-refractivity contribution in [3.05, 3.63) is 83.9 Å². The molecule has 0 N–H and O–H groups in total. The van der Waals surface area contributed by atoms with Crippen LogP contribution in [-0.2, 0) is 27.9 Å². The number of benzene rings is 2. The zero-order valence-corrected chi connectivity index (χ0v) is 14.2. The molecule has 0 saturated heterocycles. The second kappa shape index (κ2) is 7.75. The first-order valence-corrected chi connectivity index (χ1v) is 9.58. The lowest BCUT2D eigenvalue weighted by atomic mass is 10.2. The molecular formula is C19H21NO3S. The van der Waals surface area contributed by atoms with E-state index >= 15 is 0 Å². The van der Waals surface area contributed by atoms with Crippen LogP contribution in [0.3, 0.4) is 0 Å². The van der Waals surface area contributed by atoms with E-state index in [1.165, 1.54) is 4.31 Å². The number of sulfonamides is 1. The Balaban J connectivity index is 1.67. The summed E-state index contributed by atoms with van der Waals surface area (Å²) in [5.41, 5.74) is 2.05. The van der Waals surface area contributed by atoms with E-state index in [1.807, 2.05) is 66.7 Å². The Bertz CT molecular complexity index is 773. The van der Waals surface area contributed by atoms with Gasteiger partial charge in [0.15, 0.2) is 0 Å². The molecule has 1 aliphatic rings. The van der Waals surface area contributed by atoms with Gasteiger partial charge in [0.05, 0.1) is 25.0 Å². The summed E-state index contributed by atoms with van der Waals surface area (Å²) >= 11 is 0. The van der Waals surface area contributed by atoms with Crippen molar-refractivity contribution < 1.29 is 13.2 Å². The first-order valence-electron chi connectivity index (χ1n) is 7.97. The van der Waals surface area contributed by atoms with E-state index in [-0.39, 0.29) is 11.8 Å². The maximum absolute atomic E-state index is 12.4. The third kappa shape index (κ3) is 4.32. The summed E-state index contributed by atoms with van der Waals surface area (Å²) in [7, 11) is -3.30. The lowest BCUT2D eigenvalue weighted by Crippen LogP contribution is -2.44. The predicted octanol–water partition coefficient (Wildman–Crippen LogP) is 2.97. The Labute approximate surface area is 143 Å². The molecule has 3 rings (SSSR count). The molecule has 0 fully saturated rings. The number of nitrogens with zero attached hydrogens (tertiary/aromatic N) is 1. The van der Waals surface area contributed by atoms with Gasteiger partial charge in [-0.3, -0.25) is 0 Å². The Morgan fingerprint density at radius 1 is 0.958 bits per heavy atom. The average molecular weight is 343 g/mol. The highest BCUT2D eigenvalue weighted by Crippen LogP contribution is 2.19. The molecule has 2 aromatic carbocycles. The van der Waals surface area contributed by atoms with E-state index in [0.717, 1.165) is 11.1 Å². The largest absolute Gasteiger partial charge is 0.375 e. The molecule has 0 aliphatic carbocycles. The number of rotatable bonds is 6. The fourth-order valence-electron chi connectivity index (χ4n) is 2.72. The zero-order chi connectivity index (χ0) is 16.8. The lowest BCUT2D eigenvalue weighted by molar-refractivity contribution is 0.0889. The van der Waals surface area contributed by atoms with Gasteiger partial charge < -0.3 is 4.74 Å². The minimum Gasteiger partial charge on any atom is -0.375 e. The molecule has 1 aliphatic heterocycles. The second-order valence-electron chi connectivity index (χ2n) is 5.81. The maximum atomic E-state index is 12.4. The van der Waals surface area contributed by atoms with Crippen LogP contribution in [0.25, 0.3) is 0 Å². The van der Waals surface area contributed by atoms with Crippen LogP contribution in [0.15, 0.2) is 72.8 Å². The molecule has 24 heavy (non-hydrogen) atoms. The van der Waals surface area contributed by atoms with E-state index in [0.29, 0.717) is 19.8 Å². The fourth-order valence-corrected chi connectivity index (χ4v) is 4.16. The van der Waals surface area contributed by atoms with Gasteiger partial charge in [0.25, 0.3) is 0 Å². The van der Waals surface area contributed by atoms with Crippen LogP contribution < -0.4 is 0 Å². The lowest BCUT2D eigenvalue weighted by Gasteiger charge is -2.31. The average Bonchev–Trinajstić information content (AvgIpc) is 2.59. The second-order valence-corrected chi connectivity index (χ2v) is 7.77. The third-order valence-corrected chi connectivity index (χ3v) is 5.70. The summed E-state index contributed by atoms with van der Waals surface area (Å²) in [5.74, 6) is 0.0506. The molecule has 0 unspecified atom stereocenters. The monoisotopic (exact) mass is 343 g/mol. The van der Waals surface area contributed by atoms with Crippen LogP contribution in [0, 0.1) is 0 Å². The van der Waals surface area contributed by atoms with Crippen molar-refractivity contribution in [2.45, 2.75) is 19.2 Å². The molecule has 1 heterocycles. The predicted molar refractivity (Wildman–Crippen MR) is 94.8 cm³/mol. The molecule has 0 spiro atoms. The van der Waals surface area contributed by atoms with E-state index in [2.05, 4.69) is 0 Å². The van der Waals surface area contributed by atoms with Crippen molar-refractivity contribution in [2.24, 2.45) is 0 Å². The van der Waals surface area contributed by atoms with Crippen LogP contribution in [0.1, 0.15) is 11.1 Å². The summed E-state index contributed by atoms with van der Waals surface area (Å²) in [6.07, 6.45) is 3.64. The van der Waals surface area contributed by atoms with E-state index in [1.54, 1.807) is 6.08 Å². The van der Waals surface area contributed by atoms with Gasteiger partial charge in [0.1, 0.15) is 0 Å². The summed E-state index contributed by atoms with van der Waals surface area (Å²) in [5, 5.41) is 0. The molecule has 0 radical (unpaired) electrons. The highest BCUT2D eigenvalue weighted by Gasteiger charge is 2.31. The highest BCUT2D eigenvalue weighted by atomic mass is 32.2. The third-order valence-electron chi connectivity index (χ3n) is 3.97. The molecule has 0 amide bonds. The van der Waals surface area contributed by atoms with E-state index < -0.39 is 10.0 Å². The van der Waals surface area contributed by atoms with Gasteiger partial charge in [-0.05, 0) is 11.1 Å². The zero-order valence-electron chi connectivity index (χ0n) is 13.4. The summed E-state index contributed by atoms with van der Waals surface area (Å²) in [6.45, 7) is 1.19. The van der Waals surface area contributed by atoms with Gasteiger partial charge in [-0.25, -0.2) is 8.42 Å². The fraction of sp³-hybridized carbons (Fsp3) is 0.263. The van der Waals surface area contributed by atoms with Crippen molar-refractivity contribution in [3.63, 3.8) is 0 Å². The van der Waals surface area contributed by atoms with Gasteiger partial charge in [0, 0.05) is 6.54 Å². The maximum Gasteiger partial charge on any atom is 0.218 e.